The molecule has 0 saturated heterocycles. The Balaban J connectivity index is 3.23. The van der Waals surface area contributed by atoms with E-state index in [0.29, 0.717) is 0 Å². The number of ether oxygens (including phenoxy) is 1. The van der Waals surface area contributed by atoms with Gasteiger partial charge in [0.2, 0.25) is 5.95 Å². The molecule has 1 aromatic heterocycles. The molecule has 0 aliphatic rings. The highest BCUT2D eigenvalue weighted by Crippen LogP contribution is 2.28. The highest BCUT2D eigenvalue weighted by molar-refractivity contribution is 9.08. The summed E-state index contributed by atoms with van der Waals surface area (Å²) in [5, 5.41) is 0.247. The molecule has 0 bridgehead atoms. The number of alkyl halides is 3. The topological polar surface area (TPSA) is 22.1 Å². The molecule has 0 fully saturated rings. The number of halogens is 4. The third kappa shape index (κ3) is 2.17. The van der Waals surface area contributed by atoms with E-state index in [1.807, 2.05) is 0 Å². The maximum atomic E-state index is 12.9. The lowest BCUT2D eigenvalue weighted by Crippen LogP contribution is -2.01. The highest BCUT2D eigenvalue weighted by atomic mass is 79.9. The van der Waals surface area contributed by atoms with Crippen LogP contribution in [0.1, 0.15) is 17.7 Å². The Morgan fingerprint density at radius 2 is 2.21 bits per heavy atom. The van der Waals surface area contributed by atoms with Gasteiger partial charge in [-0.2, -0.15) is 4.39 Å². The minimum absolute atomic E-state index is 0.151. The average molecular weight is 270 g/mol. The first-order valence-electron chi connectivity index (χ1n) is 3.67. The average Bonchev–Trinajstić information content (AvgIpc) is 2.16. The van der Waals surface area contributed by atoms with Crippen molar-refractivity contribution < 1.29 is 17.9 Å². The van der Waals surface area contributed by atoms with Gasteiger partial charge in [-0.15, -0.1) is 0 Å². The van der Waals surface area contributed by atoms with Gasteiger partial charge in [0.1, 0.15) is 5.75 Å². The lowest BCUT2D eigenvalue weighted by Gasteiger charge is -2.08. The van der Waals surface area contributed by atoms with Gasteiger partial charge in [-0.1, -0.05) is 15.9 Å². The molecule has 6 heteroatoms. The van der Waals surface area contributed by atoms with E-state index < -0.39 is 17.9 Å². The van der Waals surface area contributed by atoms with Gasteiger partial charge >= 0.3 is 0 Å². The lowest BCUT2D eigenvalue weighted by molar-refractivity contribution is 0.144. The summed E-state index contributed by atoms with van der Waals surface area (Å²) in [7, 11) is 1.32. The van der Waals surface area contributed by atoms with Crippen molar-refractivity contribution in [3.05, 3.63) is 23.3 Å². The molecule has 0 atom stereocenters. The van der Waals surface area contributed by atoms with Crippen molar-refractivity contribution >= 4 is 15.9 Å². The summed E-state index contributed by atoms with van der Waals surface area (Å²) < 4.78 is 42.2. The van der Waals surface area contributed by atoms with E-state index in [1.54, 1.807) is 0 Å². The first-order valence-corrected chi connectivity index (χ1v) is 4.79. The zero-order chi connectivity index (χ0) is 10.7. The normalized spacial score (nSPS) is 10.7. The Morgan fingerprint density at radius 1 is 1.57 bits per heavy atom. The van der Waals surface area contributed by atoms with Gasteiger partial charge in [0, 0.05) is 5.33 Å². The van der Waals surface area contributed by atoms with Gasteiger partial charge in [0.25, 0.3) is 6.43 Å². The number of methoxy groups -OCH3 is 1. The molecule has 14 heavy (non-hydrogen) atoms. The second-order valence-corrected chi connectivity index (χ2v) is 3.01. The molecule has 0 amide bonds. The lowest BCUT2D eigenvalue weighted by atomic mass is 10.2. The zero-order valence-corrected chi connectivity index (χ0v) is 8.82. The summed E-state index contributed by atoms with van der Waals surface area (Å²) in [6.45, 7) is 0. The fourth-order valence-corrected chi connectivity index (χ4v) is 1.35. The molecular formula is C8H7BrF3NO. The van der Waals surface area contributed by atoms with Crippen LogP contribution >= 0.6 is 15.9 Å². The second-order valence-electron chi connectivity index (χ2n) is 2.45. The summed E-state index contributed by atoms with van der Waals surface area (Å²) >= 11 is 3.05. The van der Waals surface area contributed by atoms with Gasteiger partial charge in [-0.3, -0.25) is 0 Å². The number of nitrogens with zero attached hydrogens (tertiary/aromatic N) is 1. The van der Waals surface area contributed by atoms with Crippen LogP contribution in [0.15, 0.2) is 6.07 Å². The van der Waals surface area contributed by atoms with Crippen LogP contribution in [0.4, 0.5) is 13.2 Å². The molecule has 2 nitrogen and oxygen atoms in total. The highest BCUT2D eigenvalue weighted by Gasteiger charge is 2.18. The first kappa shape index (κ1) is 11.3. The van der Waals surface area contributed by atoms with E-state index in [4.69, 9.17) is 4.74 Å². The van der Waals surface area contributed by atoms with Crippen molar-refractivity contribution in [2.75, 3.05) is 7.11 Å². The minimum atomic E-state index is -2.89. The van der Waals surface area contributed by atoms with E-state index >= 15 is 0 Å². The Bertz CT molecular complexity index is 333. The summed E-state index contributed by atoms with van der Waals surface area (Å²) in [5.74, 6) is -1.01. The summed E-state index contributed by atoms with van der Waals surface area (Å²) in [5.41, 5.74) is -0.485. The third-order valence-corrected chi connectivity index (χ3v) is 2.16. The predicted octanol–water partition coefficient (Wildman–Crippen LogP) is 3.06. The van der Waals surface area contributed by atoms with Gasteiger partial charge in [-0.05, 0) is 6.07 Å². The summed E-state index contributed by atoms with van der Waals surface area (Å²) in [4.78, 5) is 3.37. The van der Waals surface area contributed by atoms with E-state index in [0.717, 1.165) is 6.07 Å². The van der Waals surface area contributed by atoms with Crippen molar-refractivity contribution in [2.24, 2.45) is 0 Å². The molecule has 0 N–H and O–H groups in total. The number of pyridine rings is 1. The molecule has 1 rings (SSSR count). The summed E-state index contributed by atoms with van der Waals surface area (Å²) in [6, 6.07) is 0.962. The molecule has 0 radical (unpaired) electrons. The van der Waals surface area contributed by atoms with Crippen LogP contribution in [0.2, 0.25) is 0 Å². The largest absolute Gasteiger partial charge is 0.495 e. The standard InChI is InChI=1S/C8H7BrF3NO/c1-14-6-2-4(7(10)11)8(12)13-5(6)3-9/h2,7H,3H2,1H3. The van der Waals surface area contributed by atoms with E-state index in [1.165, 1.54) is 7.11 Å². The quantitative estimate of drug-likeness (QED) is 0.622. The van der Waals surface area contributed by atoms with Crippen LogP contribution in [0.5, 0.6) is 5.75 Å². The van der Waals surface area contributed by atoms with Crippen molar-refractivity contribution in [1.29, 1.82) is 0 Å². The molecule has 0 spiro atoms. The molecule has 0 saturated carbocycles. The van der Waals surface area contributed by atoms with Crippen LogP contribution in [0.3, 0.4) is 0 Å². The van der Waals surface area contributed by atoms with Gasteiger partial charge in [0.05, 0.1) is 18.4 Å². The second kappa shape index (κ2) is 4.63. The molecule has 78 valence electrons. The monoisotopic (exact) mass is 269 g/mol. The zero-order valence-electron chi connectivity index (χ0n) is 7.23. The van der Waals surface area contributed by atoms with Crippen LogP contribution < -0.4 is 4.74 Å². The molecule has 0 aliphatic carbocycles. The van der Waals surface area contributed by atoms with Crippen LogP contribution in [0.25, 0.3) is 0 Å². The van der Waals surface area contributed by atoms with Crippen molar-refractivity contribution in [3.8, 4) is 5.75 Å². The Hall–Kier alpha value is -0.780. The maximum absolute atomic E-state index is 12.9. The molecule has 0 aromatic carbocycles. The van der Waals surface area contributed by atoms with Gasteiger partial charge < -0.3 is 4.74 Å². The third-order valence-electron chi connectivity index (χ3n) is 1.62. The predicted molar refractivity (Wildman–Crippen MR) is 48.3 cm³/mol. The van der Waals surface area contributed by atoms with E-state index in [2.05, 4.69) is 20.9 Å². The summed E-state index contributed by atoms with van der Waals surface area (Å²) in [6.07, 6.45) is -2.89. The molecule has 0 unspecified atom stereocenters. The van der Waals surface area contributed by atoms with Crippen LogP contribution in [0, 0.1) is 5.95 Å². The number of hydrogen-bond acceptors (Lipinski definition) is 2. The number of aromatic nitrogens is 1. The molecular weight excluding hydrogens is 263 g/mol. The van der Waals surface area contributed by atoms with E-state index in [9.17, 15) is 13.2 Å². The first-order chi connectivity index (χ1) is 6.60. The SMILES string of the molecule is COc1cc(C(F)F)c(F)nc1CBr. The Morgan fingerprint density at radius 3 is 2.64 bits per heavy atom. The molecule has 0 aliphatic heterocycles. The smallest absolute Gasteiger partial charge is 0.268 e. The van der Waals surface area contributed by atoms with Crippen LogP contribution in [-0.2, 0) is 5.33 Å². The number of rotatable bonds is 3. The minimum Gasteiger partial charge on any atom is -0.495 e. The van der Waals surface area contributed by atoms with E-state index in [-0.39, 0.29) is 16.8 Å². The Kier molecular flexibility index (Phi) is 3.74. The Labute approximate surface area is 87.2 Å². The molecule has 1 heterocycles. The number of hydrogen-bond donors (Lipinski definition) is 0. The van der Waals surface area contributed by atoms with Crippen LogP contribution in [-0.4, -0.2) is 12.1 Å². The fraction of sp³-hybridized carbons (Fsp3) is 0.375. The van der Waals surface area contributed by atoms with Crippen molar-refractivity contribution in [1.82, 2.24) is 4.98 Å². The fourth-order valence-electron chi connectivity index (χ4n) is 0.948. The van der Waals surface area contributed by atoms with Gasteiger partial charge in [-0.25, -0.2) is 13.8 Å². The van der Waals surface area contributed by atoms with Crippen molar-refractivity contribution in [3.63, 3.8) is 0 Å². The molecule has 1 aromatic rings. The van der Waals surface area contributed by atoms with Crippen molar-refractivity contribution in [2.45, 2.75) is 11.8 Å². The maximum Gasteiger partial charge on any atom is 0.268 e. The van der Waals surface area contributed by atoms with Gasteiger partial charge in [0.15, 0.2) is 0 Å².